The number of benzene rings is 1. The van der Waals surface area contributed by atoms with E-state index in [0.29, 0.717) is 18.0 Å². The molecule has 1 saturated heterocycles. The lowest BCUT2D eigenvalue weighted by atomic mass is 10.4. The largest absolute Gasteiger partial charge is 0.300 e. The number of alkyl halides is 1. The second kappa shape index (κ2) is 6.14. The maximum absolute atomic E-state index is 12.3. The Balaban J connectivity index is 2.05. The molecule has 1 heterocycles. The highest BCUT2D eigenvalue weighted by Gasteiger charge is 2.27. The van der Waals surface area contributed by atoms with Crippen molar-refractivity contribution in [3.63, 3.8) is 0 Å². The van der Waals surface area contributed by atoms with Gasteiger partial charge in [-0.2, -0.15) is 4.31 Å². The van der Waals surface area contributed by atoms with Crippen molar-refractivity contribution in [2.75, 3.05) is 38.1 Å². The summed E-state index contributed by atoms with van der Waals surface area (Å²) in [6.45, 7) is 3.73. The van der Waals surface area contributed by atoms with Gasteiger partial charge in [0.1, 0.15) is 0 Å². The van der Waals surface area contributed by atoms with E-state index >= 15 is 0 Å². The average Bonchev–Trinajstić information content (AvgIpc) is 2.41. The first kappa shape index (κ1) is 14.0. The Morgan fingerprint density at radius 3 is 2.22 bits per heavy atom. The van der Waals surface area contributed by atoms with E-state index in [0.717, 1.165) is 25.0 Å². The molecule has 0 aliphatic carbocycles. The summed E-state index contributed by atoms with van der Waals surface area (Å²) in [5, 5.41) is 0.929. The molecule has 0 amide bonds. The topological polar surface area (TPSA) is 40.6 Å². The molecule has 1 aliphatic heterocycles. The van der Waals surface area contributed by atoms with Crippen molar-refractivity contribution in [1.29, 1.82) is 0 Å². The number of nitrogens with zero attached hydrogens (tertiary/aromatic N) is 2. The van der Waals surface area contributed by atoms with Gasteiger partial charge >= 0.3 is 0 Å². The van der Waals surface area contributed by atoms with Crippen LogP contribution in [0.3, 0.4) is 0 Å². The lowest BCUT2D eigenvalue weighted by molar-refractivity contribution is 0.198. The fourth-order valence-corrected chi connectivity index (χ4v) is 4.00. The van der Waals surface area contributed by atoms with E-state index in [1.807, 2.05) is 6.07 Å². The van der Waals surface area contributed by atoms with Gasteiger partial charge in [-0.05, 0) is 12.1 Å². The Kier molecular flexibility index (Phi) is 4.77. The van der Waals surface area contributed by atoms with Gasteiger partial charge in [0.25, 0.3) is 0 Å². The molecule has 0 atom stereocenters. The third-order valence-corrected chi connectivity index (χ3v) is 5.38. The molecule has 0 aromatic heterocycles. The fraction of sp³-hybridized carbons (Fsp3) is 0.500. The third-order valence-electron chi connectivity index (χ3n) is 3.11. The van der Waals surface area contributed by atoms with Gasteiger partial charge in [-0.3, -0.25) is 4.90 Å². The minimum atomic E-state index is -3.31. The minimum Gasteiger partial charge on any atom is -0.300 e. The molecule has 0 N–H and O–H groups in total. The van der Waals surface area contributed by atoms with Gasteiger partial charge < -0.3 is 0 Å². The van der Waals surface area contributed by atoms with Crippen LogP contribution in [0, 0.1) is 0 Å². The SMILES string of the molecule is O=S(=O)(c1ccccc1)N1CCN(CCBr)CC1. The van der Waals surface area contributed by atoms with Gasteiger partial charge in [0.15, 0.2) is 0 Å². The molecule has 4 nitrogen and oxygen atoms in total. The van der Waals surface area contributed by atoms with Crippen LogP contribution in [0.15, 0.2) is 35.2 Å². The summed E-state index contributed by atoms with van der Waals surface area (Å²) >= 11 is 3.40. The molecule has 1 aromatic rings. The number of sulfonamides is 1. The summed E-state index contributed by atoms with van der Waals surface area (Å²) in [5.74, 6) is 0. The average molecular weight is 333 g/mol. The molecular weight excluding hydrogens is 316 g/mol. The molecule has 0 unspecified atom stereocenters. The molecule has 0 bridgehead atoms. The van der Waals surface area contributed by atoms with Gasteiger partial charge in [0, 0.05) is 38.1 Å². The Labute approximate surface area is 117 Å². The maximum Gasteiger partial charge on any atom is 0.243 e. The van der Waals surface area contributed by atoms with Crippen molar-refractivity contribution in [3.05, 3.63) is 30.3 Å². The van der Waals surface area contributed by atoms with Crippen LogP contribution in [0.5, 0.6) is 0 Å². The van der Waals surface area contributed by atoms with Gasteiger partial charge in [-0.15, -0.1) is 0 Å². The van der Waals surface area contributed by atoms with Crippen LogP contribution in [0.2, 0.25) is 0 Å². The molecule has 0 spiro atoms. The van der Waals surface area contributed by atoms with Crippen molar-refractivity contribution < 1.29 is 8.42 Å². The monoisotopic (exact) mass is 332 g/mol. The number of hydrogen-bond donors (Lipinski definition) is 0. The van der Waals surface area contributed by atoms with Crippen LogP contribution in [-0.2, 0) is 10.0 Å². The summed E-state index contributed by atoms with van der Waals surface area (Å²) in [6.07, 6.45) is 0. The molecule has 1 aromatic carbocycles. The van der Waals surface area contributed by atoms with Gasteiger partial charge in [0.2, 0.25) is 10.0 Å². The van der Waals surface area contributed by atoms with E-state index in [4.69, 9.17) is 0 Å². The van der Waals surface area contributed by atoms with E-state index in [9.17, 15) is 8.42 Å². The van der Waals surface area contributed by atoms with Crippen molar-refractivity contribution in [2.45, 2.75) is 4.90 Å². The van der Waals surface area contributed by atoms with Crippen LogP contribution in [0.25, 0.3) is 0 Å². The van der Waals surface area contributed by atoms with Crippen LogP contribution in [0.4, 0.5) is 0 Å². The predicted molar refractivity (Wildman–Crippen MR) is 75.4 cm³/mol. The summed E-state index contributed by atoms with van der Waals surface area (Å²) < 4.78 is 26.3. The standard InChI is InChI=1S/C12H17BrN2O2S/c13-6-7-14-8-10-15(11-9-14)18(16,17)12-4-2-1-3-5-12/h1-5H,6-11H2. The first-order chi connectivity index (χ1) is 8.64. The van der Waals surface area contributed by atoms with E-state index < -0.39 is 10.0 Å². The smallest absolute Gasteiger partial charge is 0.243 e. The normalized spacial score (nSPS) is 18.9. The maximum atomic E-state index is 12.3. The molecule has 100 valence electrons. The van der Waals surface area contributed by atoms with Gasteiger partial charge in [0.05, 0.1) is 4.90 Å². The van der Waals surface area contributed by atoms with E-state index in [2.05, 4.69) is 20.8 Å². The van der Waals surface area contributed by atoms with E-state index in [1.165, 1.54) is 0 Å². The zero-order valence-electron chi connectivity index (χ0n) is 10.1. The molecule has 18 heavy (non-hydrogen) atoms. The minimum absolute atomic E-state index is 0.388. The first-order valence-corrected chi connectivity index (χ1v) is 8.54. The zero-order valence-corrected chi connectivity index (χ0v) is 12.5. The van der Waals surface area contributed by atoms with Crippen LogP contribution in [-0.4, -0.2) is 55.7 Å². The predicted octanol–water partition coefficient (Wildman–Crippen LogP) is 1.39. The molecule has 1 aliphatic rings. The highest BCUT2D eigenvalue weighted by Crippen LogP contribution is 2.16. The summed E-state index contributed by atoms with van der Waals surface area (Å²) in [6, 6.07) is 8.65. The van der Waals surface area contributed by atoms with Crippen molar-refractivity contribution in [3.8, 4) is 0 Å². The van der Waals surface area contributed by atoms with Crippen molar-refractivity contribution in [1.82, 2.24) is 9.21 Å². The molecule has 2 rings (SSSR count). The molecule has 6 heteroatoms. The molecule has 1 fully saturated rings. The summed E-state index contributed by atoms with van der Waals surface area (Å²) in [7, 11) is -3.31. The quantitative estimate of drug-likeness (QED) is 0.782. The number of piperazine rings is 1. The molecule has 0 saturated carbocycles. The Morgan fingerprint density at radius 2 is 1.67 bits per heavy atom. The number of rotatable bonds is 4. The van der Waals surface area contributed by atoms with E-state index in [1.54, 1.807) is 28.6 Å². The highest BCUT2D eigenvalue weighted by molar-refractivity contribution is 9.09. The van der Waals surface area contributed by atoms with Crippen LogP contribution < -0.4 is 0 Å². The summed E-state index contributed by atoms with van der Waals surface area (Å²) in [4.78, 5) is 2.66. The summed E-state index contributed by atoms with van der Waals surface area (Å²) in [5.41, 5.74) is 0. The Bertz CT molecular complexity index is 470. The van der Waals surface area contributed by atoms with Crippen LogP contribution in [0.1, 0.15) is 0 Å². The zero-order chi connectivity index (χ0) is 13.0. The second-order valence-electron chi connectivity index (χ2n) is 4.25. The van der Waals surface area contributed by atoms with Crippen molar-refractivity contribution in [2.24, 2.45) is 0 Å². The number of hydrogen-bond acceptors (Lipinski definition) is 3. The fourth-order valence-electron chi connectivity index (χ4n) is 2.05. The molecule has 0 radical (unpaired) electrons. The Morgan fingerprint density at radius 1 is 1.06 bits per heavy atom. The Hall–Kier alpha value is -0.430. The lowest BCUT2D eigenvalue weighted by Gasteiger charge is -2.33. The van der Waals surface area contributed by atoms with Crippen molar-refractivity contribution >= 4 is 26.0 Å². The van der Waals surface area contributed by atoms with Gasteiger partial charge in [-0.1, -0.05) is 34.1 Å². The highest BCUT2D eigenvalue weighted by atomic mass is 79.9. The molecular formula is C12H17BrN2O2S. The van der Waals surface area contributed by atoms with Crippen LogP contribution >= 0.6 is 15.9 Å². The lowest BCUT2D eigenvalue weighted by Crippen LogP contribution is -2.48. The third kappa shape index (κ3) is 3.12. The number of halogens is 1. The first-order valence-electron chi connectivity index (χ1n) is 5.98. The van der Waals surface area contributed by atoms with E-state index in [-0.39, 0.29) is 0 Å². The van der Waals surface area contributed by atoms with Gasteiger partial charge in [-0.25, -0.2) is 8.42 Å². The second-order valence-corrected chi connectivity index (χ2v) is 6.98.